The van der Waals surface area contributed by atoms with Crippen molar-refractivity contribution in [3.8, 4) is 44.9 Å². The zero-order valence-corrected chi connectivity index (χ0v) is 25.7. The Balaban J connectivity index is 1.70. The second-order valence-corrected chi connectivity index (χ2v) is 13.5. The van der Waals surface area contributed by atoms with Gasteiger partial charge in [-0.3, -0.25) is 0 Å². The molecule has 0 spiro atoms. The van der Waals surface area contributed by atoms with E-state index in [4.69, 9.17) is 0 Å². The van der Waals surface area contributed by atoms with Crippen molar-refractivity contribution in [1.82, 2.24) is 0 Å². The Hall–Kier alpha value is -5.08. The lowest BCUT2D eigenvalue weighted by Crippen LogP contribution is -2.28. The molecule has 0 bridgehead atoms. The van der Waals surface area contributed by atoms with Crippen LogP contribution in [0.2, 0.25) is 0 Å². The minimum absolute atomic E-state index is 0.0263. The standard InChI is InChI=1S/C34H20F6O6S2/c35-33(36,37)47(41,42)45-29-17-13-25-19-23(21-7-3-1-4-8-21)11-15-27(25)31(29)32-28-16-12-24(22-9-5-2-6-10-22)20-26(28)14-18-30(32)46-48(43,44)34(38,39)40/h1-20H. The SMILES string of the molecule is O=S(=O)(Oc1ccc2cc(-c3ccccc3)ccc2c1-c1c(OS(=O)(=O)C(F)(F)F)ccc2cc(-c3ccccc3)ccc12)C(F)(F)F. The van der Waals surface area contributed by atoms with Crippen LogP contribution in [0.1, 0.15) is 0 Å². The van der Waals surface area contributed by atoms with Crippen molar-refractivity contribution in [2.24, 2.45) is 0 Å². The van der Waals surface area contributed by atoms with E-state index in [9.17, 15) is 43.2 Å². The molecule has 0 aromatic heterocycles. The molecule has 0 amide bonds. The first-order chi connectivity index (χ1) is 22.6. The fourth-order valence-corrected chi connectivity index (χ4v) is 6.17. The topological polar surface area (TPSA) is 86.7 Å². The Labute approximate surface area is 270 Å². The lowest BCUT2D eigenvalue weighted by atomic mass is 9.90. The van der Waals surface area contributed by atoms with Crippen LogP contribution in [0.15, 0.2) is 121 Å². The number of hydrogen-bond acceptors (Lipinski definition) is 6. The summed E-state index contributed by atoms with van der Waals surface area (Å²) >= 11 is 0. The van der Waals surface area contributed by atoms with Crippen LogP contribution in [0.4, 0.5) is 26.3 Å². The van der Waals surface area contributed by atoms with Crippen molar-refractivity contribution < 1.29 is 51.5 Å². The van der Waals surface area contributed by atoms with Crippen LogP contribution in [-0.4, -0.2) is 27.9 Å². The summed E-state index contributed by atoms with van der Waals surface area (Å²) < 4.78 is 140. The van der Waals surface area contributed by atoms with Crippen LogP contribution < -0.4 is 8.37 Å². The molecule has 0 unspecified atom stereocenters. The van der Waals surface area contributed by atoms with E-state index >= 15 is 0 Å². The van der Waals surface area contributed by atoms with Gasteiger partial charge < -0.3 is 8.37 Å². The van der Waals surface area contributed by atoms with Crippen LogP contribution in [0.5, 0.6) is 11.5 Å². The average molecular weight is 703 g/mol. The van der Waals surface area contributed by atoms with E-state index in [0.29, 0.717) is 21.9 Å². The number of benzene rings is 6. The molecule has 48 heavy (non-hydrogen) atoms. The van der Waals surface area contributed by atoms with Gasteiger partial charge in [-0.05, 0) is 68.1 Å². The minimum atomic E-state index is -6.31. The third-order valence-electron chi connectivity index (χ3n) is 7.39. The minimum Gasteiger partial charge on any atom is -0.375 e. The van der Waals surface area contributed by atoms with E-state index in [1.54, 1.807) is 84.9 Å². The summed E-state index contributed by atoms with van der Waals surface area (Å²) in [5, 5.41) is 0.674. The van der Waals surface area contributed by atoms with E-state index in [0.717, 1.165) is 23.3 Å². The van der Waals surface area contributed by atoms with Gasteiger partial charge >= 0.3 is 31.3 Å². The van der Waals surface area contributed by atoms with E-state index in [2.05, 4.69) is 8.37 Å². The van der Waals surface area contributed by atoms with Gasteiger partial charge in [0, 0.05) is 11.1 Å². The summed E-state index contributed by atoms with van der Waals surface area (Å²) in [5.41, 5.74) is -9.87. The number of fused-ring (bicyclic) bond motifs is 2. The second kappa shape index (κ2) is 11.9. The smallest absolute Gasteiger partial charge is 0.375 e. The first-order valence-electron chi connectivity index (χ1n) is 13.8. The molecule has 0 fully saturated rings. The van der Waals surface area contributed by atoms with Gasteiger partial charge in [0.15, 0.2) is 11.5 Å². The molecule has 14 heteroatoms. The van der Waals surface area contributed by atoms with Gasteiger partial charge in [-0.1, -0.05) is 97.1 Å². The van der Waals surface area contributed by atoms with Crippen molar-refractivity contribution in [3.63, 3.8) is 0 Å². The first-order valence-corrected chi connectivity index (χ1v) is 16.6. The molecule has 0 aliphatic heterocycles. The highest BCUT2D eigenvalue weighted by atomic mass is 32.2. The molecular weight excluding hydrogens is 682 g/mol. The lowest BCUT2D eigenvalue weighted by molar-refractivity contribution is -0.0505. The number of alkyl halides is 6. The third-order valence-corrected chi connectivity index (χ3v) is 9.33. The summed E-state index contributed by atoms with van der Waals surface area (Å²) in [7, 11) is -12.6. The summed E-state index contributed by atoms with van der Waals surface area (Å²) in [6.45, 7) is 0. The predicted molar refractivity (Wildman–Crippen MR) is 169 cm³/mol. The number of hydrogen-bond donors (Lipinski definition) is 0. The van der Waals surface area contributed by atoms with Crippen LogP contribution in [0.3, 0.4) is 0 Å². The second-order valence-electron chi connectivity index (χ2n) is 10.4. The zero-order chi connectivity index (χ0) is 34.5. The van der Waals surface area contributed by atoms with Crippen molar-refractivity contribution in [2.45, 2.75) is 11.0 Å². The molecule has 0 aliphatic rings. The fourth-order valence-electron chi connectivity index (χ4n) is 5.23. The Kier molecular flexibility index (Phi) is 8.12. The van der Waals surface area contributed by atoms with E-state index in [1.165, 1.54) is 24.3 Å². The quantitative estimate of drug-likeness (QED) is 0.0936. The van der Waals surface area contributed by atoms with Crippen molar-refractivity contribution in [2.75, 3.05) is 0 Å². The molecule has 246 valence electrons. The molecule has 0 N–H and O–H groups in total. The van der Waals surface area contributed by atoms with Crippen molar-refractivity contribution in [1.29, 1.82) is 0 Å². The Bertz CT molecular complexity index is 2220. The summed E-state index contributed by atoms with van der Waals surface area (Å²) in [5.74, 6) is -1.86. The normalized spacial score (nSPS) is 12.7. The molecule has 6 rings (SSSR count). The molecule has 6 nitrogen and oxygen atoms in total. The van der Waals surface area contributed by atoms with E-state index < -0.39 is 53.9 Å². The van der Waals surface area contributed by atoms with Crippen molar-refractivity contribution in [3.05, 3.63) is 121 Å². The van der Waals surface area contributed by atoms with Gasteiger partial charge in [-0.2, -0.15) is 43.2 Å². The molecule has 0 atom stereocenters. The lowest BCUT2D eigenvalue weighted by Gasteiger charge is -2.20. The van der Waals surface area contributed by atoms with Gasteiger partial charge in [0.2, 0.25) is 0 Å². The van der Waals surface area contributed by atoms with Gasteiger partial charge in [0.25, 0.3) is 0 Å². The van der Waals surface area contributed by atoms with E-state index in [-0.39, 0.29) is 10.8 Å². The Morgan fingerprint density at radius 1 is 0.417 bits per heavy atom. The Morgan fingerprint density at radius 3 is 1.10 bits per heavy atom. The molecule has 0 heterocycles. The molecule has 0 aliphatic carbocycles. The van der Waals surface area contributed by atoms with Crippen molar-refractivity contribution >= 4 is 41.8 Å². The van der Waals surface area contributed by atoms with Gasteiger partial charge in [0.1, 0.15) is 0 Å². The van der Waals surface area contributed by atoms with E-state index in [1.807, 2.05) is 0 Å². The maximum Gasteiger partial charge on any atom is 0.534 e. The Morgan fingerprint density at radius 2 is 0.771 bits per heavy atom. The highest BCUT2D eigenvalue weighted by Gasteiger charge is 2.50. The summed E-state index contributed by atoms with van der Waals surface area (Å²) in [6.07, 6.45) is 0. The number of rotatable bonds is 7. The van der Waals surface area contributed by atoms with Crippen LogP contribution in [0.25, 0.3) is 54.9 Å². The monoisotopic (exact) mass is 702 g/mol. The summed E-state index contributed by atoms with van der Waals surface area (Å²) in [4.78, 5) is 0. The summed E-state index contributed by atoms with van der Waals surface area (Å²) in [6, 6.07) is 31.4. The highest BCUT2D eigenvalue weighted by Crippen LogP contribution is 2.48. The predicted octanol–water partition coefficient (Wildman–Crippen LogP) is 9.45. The van der Waals surface area contributed by atoms with Gasteiger partial charge in [0.05, 0.1) is 0 Å². The number of halogens is 6. The highest BCUT2D eigenvalue weighted by molar-refractivity contribution is 7.88. The maximum atomic E-state index is 13.6. The first kappa shape index (κ1) is 32.8. The van der Waals surface area contributed by atoms with Gasteiger partial charge in [-0.25, -0.2) is 0 Å². The molecule has 6 aromatic rings. The third kappa shape index (κ3) is 6.16. The van der Waals surface area contributed by atoms with Crippen LogP contribution >= 0.6 is 0 Å². The molecule has 6 aromatic carbocycles. The van der Waals surface area contributed by atoms with Crippen LogP contribution in [0, 0.1) is 0 Å². The largest absolute Gasteiger partial charge is 0.534 e. The fraction of sp³-hybridized carbons (Fsp3) is 0.0588. The van der Waals surface area contributed by atoms with Gasteiger partial charge in [-0.15, -0.1) is 0 Å². The average Bonchev–Trinajstić information content (AvgIpc) is 3.04. The molecular formula is C34H20F6O6S2. The maximum absolute atomic E-state index is 13.6. The zero-order valence-electron chi connectivity index (χ0n) is 24.1. The van der Waals surface area contributed by atoms with Crippen LogP contribution in [-0.2, 0) is 20.2 Å². The molecule has 0 radical (unpaired) electrons. The molecule has 0 saturated heterocycles. The molecule has 0 saturated carbocycles.